The minimum Gasteiger partial charge on any atom is -0.354 e. The number of carbonyl (C=O) groups excluding carboxylic acids is 2. The number of nitrogens with one attached hydrogen (secondary N) is 2. The van der Waals surface area contributed by atoms with E-state index < -0.39 is 17.6 Å². The SMILES string of the molecule is O=C(CNC(=O)c1cccc(-c2ccc(C(F)(F)F)cc2)c1)NCCc1ccccc1. The minimum absolute atomic E-state index is 0.169. The second kappa shape index (κ2) is 9.93. The van der Waals surface area contributed by atoms with E-state index in [1.165, 1.54) is 12.1 Å². The average Bonchev–Trinajstić information content (AvgIpc) is 2.78. The Morgan fingerprint density at radius 2 is 1.48 bits per heavy atom. The molecule has 0 unspecified atom stereocenters. The number of rotatable bonds is 7. The summed E-state index contributed by atoms with van der Waals surface area (Å²) in [5.41, 5.74) is 1.85. The van der Waals surface area contributed by atoms with Gasteiger partial charge >= 0.3 is 6.18 Å². The molecule has 2 N–H and O–H groups in total. The van der Waals surface area contributed by atoms with Crippen molar-refractivity contribution in [2.24, 2.45) is 0 Å². The van der Waals surface area contributed by atoms with Gasteiger partial charge in [0.05, 0.1) is 12.1 Å². The molecule has 0 atom stereocenters. The Kier molecular flexibility index (Phi) is 7.07. The van der Waals surface area contributed by atoms with Crippen LogP contribution >= 0.6 is 0 Å². The van der Waals surface area contributed by atoms with Crippen molar-refractivity contribution in [1.82, 2.24) is 10.6 Å². The average molecular weight is 426 g/mol. The fraction of sp³-hybridized carbons (Fsp3) is 0.167. The van der Waals surface area contributed by atoms with Crippen LogP contribution < -0.4 is 10.6 Å². The third-order valence-electron chi connectivity index (χ3n) is 4.66. The molecule has 0 saturated heterocycles. The Morgan fingerprint density at radius 3 is 2.16 bits per heavy atom. The van der Waals surface area contributed by atoms with Crippen molar-refractivity contribution in [2.45, 2.75) is 12.6 Å². The Bertz CT molecular complexity index is 1030. The molecule has 7 heteroatoms. The van der Waals surface area contributed by atoms with Crippen LogP contribution in [0.5, 0.6) is 0 Å². The van der Waals surface area contributed by atoms with Crippen LogP contribution in [0.1, 0.15) is 21.5 Å². The molecule has 0 aromatic heterocycles. The number of hydrogen-bond donors (Lipinski definition) is 2. The molecule has 0 aliphatic rings. The first-order chi connectivity index (χ1) is 14.8. The lowest BCUT2D eigenvalue weighted by molar-refractivity contribution is -0.137. The molecule has 0 bridgehead atoms. The minimum atomic E-state index is -4.40. The van der Waals surface area contributed by atoms with Gasteiger partial charge in [-0.05, 0) is 47.4 Å². The maximum Gasteiger partial charge on any atom is 0.416 e. The van der Waals surface area contributed by atoms with Crippen LogP contribution in [-0.2, 0) is 17.4 Å². The van der Waals surface area contributed by atoms with Crippen LogP contribution in [0.25, 0.3) is 11.1 Å². The van der Waals surface area contributed by atoms with Crippen molar-refractivity contribution in [1.29, 1.82) is 0 Å². The van der Waals surface area contributed by atoms with Crippen molar-refractivity contribution in [2.75, 3.05) is 13.1 Å². The van der Waals surface area contributed by atoms with Gasteiger partial charge in [-0.2, -0.15) is 13.2 Å². The number of amides is 2. The molecule has 0 spiro atoms. The molecule has 0 aliphatic heterocycles. The van der Waals surface area contributed by atoms with E-state index in [0.717, 1.165) is 17.7 Å². The van der Waals surface area contributed by atoms with E-state index in [4.69, 9.17) is 0 Å². The lowest BCUT2D eigenvalue weighted by Gasteiger charge is -2.10. The first-order valence-corrected chi connectivity index (χ1v) is 9.69. The lowest BCUT2D eigenvalue weighted by atomic mass is 10.0. The zero-order valence-electron chi connectivity index (χ0n) is 16.6. The molecule has 0 heterocycles. The van der Waals surface area contributed by atoms with Crippen molar-refractivity contribution < 1.29 is 22.8 Å². The smallest absolute Gasteiger partial charge is 0.354 e. The van der Waals surface area contributed by atoms with Gasteiger partial charge in [0.25, 0.3) is 5.91 Å². The van der Waals surface area contributed by atoms with Gasteiger partial charge in [-0.3, -0.25) is 9.59 Å². The van der Waals surface area contributed by atoms with Crippen molar-refractivity contribution in [3.8, 4) is 11.1 Å². The second-order valence-electron chi connectivity index (χ2n) is 6.92. The highest BCUT2D eigenvalue weighted by Crippen LogP contribution is 2.31. The topological polar surface area (TPSA) is 58.2 Å². The van der Waals surface area contributed by atoms with Crippen LogP contribution in [0.4, 0.5) is 13.2 Å². The van der Waals surface area contributed by atoms with E-state index in [9.17, 15) is 22.8 Å². The van der Waals surface area contributed by atoms with Gasteiger partial charge in [0.1, 0.15) is 0 Å². The summed E-state index contributed by atoms with van der Waals surface area (Å²) in [7, 11) is 0. The summed E-state index contributed by atoms with van der Waals surface area (Å²) in [6.07, 6.45) is -3.71. The van der Waals surface area contributed by atoms with Crippen molar-refractivity contribution >= 4 is 11.8 Å². The van der Waals surface area contributed by atoms with Crippen molar-refractivity contribution in [3.63, 3.8) is 0 Å². The molecule has 4 nitrogen and oxygen atoms in total. The van der Waals surface area contributed by atoms with Gasteiger partial charge in [0, 0.05) is 12.1 Å². The summed E-state index contributed by atoms with van der Waals surface area (Å²) in [4.78, 5) is 24.3. The molecule has 3 aromatic carbocycles. The third-order valence-corrected chi connectivity index (χ3v) is 4.66. The second-order valence-corrected chi connectivity index (χ2v) is 6.92. The number of halogens is 3. The molecule has 0 radical (unpaired) electrons. The quantitative estimate of drug-likeness (QED) is 0.586. The molecule has 3 rings (SSSR count). The Balaban J connectivity index is 1.53. The highest BCUT2D eigenvalue weighted by molar-refractivity contribution is 5.97. The van der Waals surface area contributed by atoms with Gasteiger partial charge in [0.2, 0.25) is 5.91 Å². The fourth-order valence-corrected chi connectivity index (χ4v) is 3.01. The van der Waals surface area contributed by atoms with E-state index >= 15 is 0 Å². The van der Waals surface area contributed by atoms with Gasteiger partial charge in [-0.15, -0.1) is 0 Å². The normalized spacial score (nSPS) is 11.1. The third kappa shape index (κ3) is 6.44. The van der Waals surface area contributed by atoms with Crippen LogP contribution in [0.3, 0.4) is 0 Å². The molecule has 0 aliphatic carbocycles. The van der Waals surface area contributed by atoms with E-state index in [-0.39, 0.29) is 12.5 Å². The number of hydrogen-bond acceptors (Lipinski definition) is 2. The van der Waals surface area contributed by atoms with Crippen LogP contribution in [0.15, 0.2) is 78.9 Å². The predicted octanol–water partition coefficient (Wildman–Crippen LogP) is 4.46. The van der Waals surface area contributed by atoms with E-state index in [0.29, 0.717) is 29.7 Å². The maximum atomic E-state index is 12.7. The Morgan fingerprint density at radius 1 is 0.774 bits per heavy atom. The van der Waals surface area contributed by atoms with Crippen LogP contribution in [0, 0.1) is 0 Å². The van der Waals surface area contributed by atoms with Crippen LogP contribution in [-0.4, -0.2) is 24.9 Å². The van der Waals surface area contributed by atoms with Gasteiger partial charge in [-0.25, -0.2) is 0 Å². The van der Waals surface area contributed by atoms with Gasteiger partial charge in [0.15, 0.2) is 0 Å². The first-order valence-electron chi connectivity index (χ1n) is 9.69. The molecule has 0 fully saturated rings. The molecule has 3 aromatic rings. The first kappa shape index (κ1) is 22.1. The summed E-state index contributed by atoms with van der Waals surface area (Å²) in [6, 6.07) is 20.9. The van der Waals surface area contributed by atoms with E-state index in [1.54, 1.807) is 24.3 Å². The molecule has 160 valence electrons. The summed E-state index contributed by atoms with van der Waals surface area (Å²) >= 11 is 0. The summed E-state index contributed by atoms with van der Waals surface area (Å²) in [5, 5.41) is 5.30. The molecule has 31 heavy (non-hydrogen) atoms. The number of carbonyl (C=O) groups is 2. The van der Waals surface area contributed by atoms with E-state index in [2.05, 4.69) is 10.6 Å². The van der Waals surface area contributed by atoms with Gasteiger partial charge in [-0.1, -0.05) is 54.6 Å². The Hall–Kier alpha value is -3.61. The maximum absolute atomic E-state index is 12.7. The van der Waals surface area contributed by atoms with Gasteiger partial charge < -0.3 is 10.6 Å². The Labute approximate surface area is 178 Å². The lowest BCUT2D eigenvalue weighted by Crippen LogP contribution is -2.37. The fourth-order valence-electron chi connectivity index (χ4n) is 3.01. The summed E-state index contributed by atoms with van der Waals surface area (Å²) < 4.78 is 38.2. The zero-order chi connectivity index (χ0) is 22.3. The molecule has 0 saturated carbocycles. The predicted molar refractivity (Wildman–Crippen MR) is 112 cm³/mol. The van der Waals surface area contributed by atoms with E-state index in [1.807, 2.05) is 30.3 Å². The zero-order valence-corrected chi connectivity index (χ0v) is 16.6. The highest BCUT2D eigenvalue weighted by Gasteiger charge is 2.29. The molecular formula is C24H21F3N2O2. The molecule has 2 amide bonds. The monoisotopic (exact) mass is 426 g/mol. The summed E-state index contributed by atoms with van der Waals surface area (Å²) in [5.74, 6) is -0.741. The summed E-state index contributed by atoms with van der Waals surface area (Å²) in [6.45, 7) is 0.292. The molecular weight excluding hydrogens is 405 g/mol. The standard InChI is InChI=1S/C24H21F3N2O2/c25-24(26,27)21-11-9-18(10-12-21)19-7-4-8-20(15-19)23(31)29-16-22(30)28-14-13-17-5-2-1-3-6-17/h1-12,15H,13-14,16H2,(H,28,30)(H,29,31). The van der Waals surface area contributed by atoms with Crippen molar-refractivity contribution in [3.05, 3.63) is 95.6 Å². The van der Waals surface area contributed by atoms with Crippen LogP contribution in [0.2, 0.25) is 0 Å². The highest BCUT2D eigenvalue weighted by atomic mass is 19.4. The largest absolute Gasteiger partial charge is 0.416 e. The number of alkyl halides is 3. The number of benzene rings is 3.